The van der Waals surface area contributed by atoms with Gasteiger partial charge in [0.15, 0.2) is 5.96 Å². The Balaban J connectivity index is 1.45. The molecule has 0 spiro atoms. The van der Waals surface area contributed by atoms with Crippen LogP contribution in [0, 0.1) is 18.3 Å². The molecule has 113 heavy (non-hydrogen) atoms. The van der Waals surface area contributed by atoms with Crippen LogP contribution >= 0.6 is 23.5 Å². The number of H-pyrrole nitrogens is 1. The molecule has 0 unspecified atom stereocenters. The number of aromatic hydroxyl groups is 1. The average Bonchev–Trinajstić information content (AvgIpc) is 1.71. The Labute approximate surface area is 660 Å². The predicted octanol–water partition coefficient (Wildman–Crippen LogP) is -2.30. The van der Waals surface area contributed by atoms with Gasteiger partial charge in [-0.15, -0.1) is 0 Å². The number of phenolic OH excluding ortho intramolecular Hbond substituents is 1. The number of carboxylic acids is 2. The second-order valence-corrected chi connectivity index (χ2v) is 29.6. The van der Waals surface area contributed by atoms with Gasteiger partial charge in [0, 0.05) is 62.8 Å². The number of aromatic amines is 1. The molecule has 1 fully saturated rings. The van der Waals surface area contributed by atoms with Crippen molar-refractivity contribution in [2.75, 3.05) is 43.7 Å². The van der Waals surface area contributed by atoms with Gasteiger partial charge in [-0.25, -0.2) is 0 Å². The minimum absolute atomic E-state index is 0.0204. The summed E-state index contributed by atoms with van der Waals surface area (Å²) < 4.78 is 0. The topological polar surface area (TPSA) is 599 Å². The number of carbonyl (C=O) groups is 16. The third kappa shape index (κ3) is 31.7. The number of amides is 14. The van der Waals surface area contributed by atoms with Crippen LogP contribution < -0.4 is 81.0 Å². The van der Waals surface area contributed by atoms with Crippen molar-refractivity contribution < 1.29 is 92.0 Å². The van der Waals surface area contributed by atoms with E-state index in [9.17, 15) is 87.2 Å². The molecule has 11 atom stereocenters. The second kappa shape index (κ2) is 46.4. The van der Waals surface area contributed by atoms with Crippen LogP contribution in [-0.2, 0) is 96.0 Å². The number of primary amides is 2. The minimum Gasteiger partial charge on any atom is -0.508 e. The third-order valence-corrected chi connectivity index (χ3v) is 19.3. The van der Waals surface area contributed by atoms with E-state index < -0.39 is 200 Å². The van der Waals surface area contributed by atoms with Crippen LogP contribution in [0.15, 0.2) is 79.0 Å². The van der Waals surface area contributed by atoms with E-state index in [1.165, 1.54) is 59.6 Å². The molecular weight excluding hydrogens is 1510 g/mol. The molecule has 37 nitrogen and oxygen atoms in total. The molecule has 1 aliphatic rings. The smallest absolute Gasteiger partial charge is 0.305 e. The molecule has 1 saturated heterocycles. The van der Waals surface area contributed by atoms with Gasteiger partial charge >= 0.3 is 11.9 Å². The maximum atomic E-state index is 15.1. The highest BCUT2D eigenvalue weighted by atomic mass is 32.2. The van der Waals surface area contributed by atoms with Crippen LogP contribution in [0.2, 0.25) is 0 Å². The Hall–Kier alpha value is -11.5. The molecule has 1 aliphatic heterocycles. The molecule has 23 N–H and O–H groups in total. The molecule has 5 rings (SSSR count). The molecule has 0 saturated carbocycles. The number of nitrogens with zero attached hydrogens (tertiary/aromatic N) is 1. The number of carbonyl (C=O) groups excluding carboxylic acids is 14. The lowest BCUT2D eigenvalue weighted by Gasteiger charge is -2.30. The van der Waals surface area contributed by atoms with E-state index >= 15 is 4.79 Å². The Morgan fingerprint density at radius 2 is 1.09 bits per heavy atom. The van der Waals surface area contributed by atoms with Gasteiger partial charge in [0.05, 0.1) is 19.4 Å². The first-order valence-corrected chi connectivity index (χ1v) is 39.4. The number of aryl methyl sites for hydroxylation is 1. The number of fused-ring (bicyclic) bond motifs is 1. The van der Waals surface area contributed by atoms with Gasteiger partial charge in [-0.3, -0.25) is 82.1 Å². The Bertz CT molecular complexity index is 4040. The summed E-state index contributed by atoms with van der Waals surface area (Å²) >= 11 is 2.71. The van der Waals surface area contributed by atoms with E-state index in [0.29, 0.717) is 34.2 Å². The summed E-state index contributed by atoms with van der Waals surface area (Å²) in [5.41, 5.74) is 18.7. The molecule has 0 bridgehead atoms. The van der Waals surface area contributed by atoms with E-state index in [-0.39, 0.29) is 93.4 Å². The van der Waals surface area contributed by atoms with Gasteiger partial charge < -0.3 is 106 Å². The summed E-state index contributed by atoms with van der Waals surface area (Å²) in [6.45, 7) is 5.87. The van der Waals surface area contributed by atoms with Crippen LogP contribution in [0.25, 0.3) is 10.9 Å². The van der Waals surface area contributed by atoms with Crippen molar-refractivity contribution in [3.05, 3.63) is 101 Å². The molecule has 1 aromatic heterocycles. The van der Waals surface area contributed by atoms with E-state index in [1.807, 2.05) is 6.26 Å². The summed E-state index contributed by atoms with van der Waals surface area (Å²) in [5, 5.41) is 69.1. The molecule has 0 radical (unpaired) electrons. The summed E-state index contributed by atoms with van der Waals surface area (Å²) in [5.74, 6) is -16.3. The lowest BCUT2D eigenvalue weighted by Crippen LogP contribution is -2.61. The number of guanidine groups is 1. The quantitative estimate of drug-likeness (QED) is 0.0126. The summed E-state index contributed by atoms with van der Waals surface area (Å²) in [6, 6.07) is 2.35. The van der Waals surface area contributed by atoms with Gasteiger partial charge in [0.25, 0.3) is 0 Å². The van der Waals surface area contributed by atoms with E-state index in [0.717, 1.165) is 5.56 Å². The van der Waals surface area contributed by atoms with Gasteiger partial charge in [0.1, 0.15) is 72.2 Å². The zero-order valence-corrected chi connectivity index (χ0v) is 65.4. The number of nitrogens with two attached hydrogens (primary N) is 3. The Morgan fingerprint density at radius 1 is 0.566 bits per heavy atom. The van der Waals surface area contributed by atoms with Crippen LogP contribution in [-0.4, -0.2) is 236 Å². The average molecular weight is 1610 g/mol. The van der Waals surface area contributed by atoms with Gasteiger partial charge in [-0.1, -0.05) is 67.9 Å². The van der Waals surface area contributed by atoms with Crippen molar-refractivity contribution in [3.63, 3.8) is 0 Å². The minimum atomic E-state index is -2.03. The molecule has 0 aliphatic carbocycles. The van der Waals surface area contributed by atoms with Crippen molar-refractivity contribution in [3.8, 4) is 5.75 Å². The van der Waals surface area contributed by atoms with Crippen LogP contribution in [0.1, 0.15) is 114 Å². The zero-order valence-electron chi connectivity index (χ0n) is 63.7. The fourth-order valence-corrected chi connectivity index (χ4v) is 13.3. The summed E-state index contributed by atoms with van der Waals surface area (Å²) in [4.78, 5) is 224. The van der Waals surface area contributed by atoms with Crippen molar-refractivity contribution in [1.82, 2.24) is 73.7 Å². The molecule has 3 aromatic carbocycles. The van der Waals surface area contributed by atoms with Crippen molar-refractivity contribution in [2.45, 2.75) is 184 Å². The number of aliphatic carboxylic acids is 2. The van der Waals surface area contributed by atoms with Crippen molar-refractivity contribution >= 4 is 135 Å². The number of thioether (sulfide) groups is 2. The number of likely N-dealkylation sites (tertiary alicyclic amines) is 1. The molecular formula is C74H104N18O19S2. The van der Waals surface area contributed by atoms with E-state index in [4.69, 9.17) is 22.6 Å². The highest BCUT2D eigenvalue weighted by molar-refractivity contribution is 7.98. The first-order valence-electron chi connectivity index (χ1n) is 36.6. The molecule has 39 heteroatoms. The molecule has 616 valence electrons. The molecule has 4 aromatic rings. The SMILES string of the molecule is CSCC[C@H](NC(=O)[C@H](Cc1ccccc1)NC(=O)[C@H](CCCNC(=N)N)NC(=O)[C@@H]1CCCN1C(=O)[C@H](CCSC)NC(C)=O)C(=O)N[C@@H](CC(=O)O)C(=O)N[C@@H](Cc1ccc(O)cc1)C(=O)N[C@@H](Cc1c[nH]c2ccc(C)cc12)C(=O)N[C@@H](CCC(=O)O)C(=O)NCC(=O)N[C@@H](CC(C)C)C(=O)N[C@@H](CC(N)=O)C(N)=O. The lowest BCUT2D eigenvalue weighted by molar-refractivity contribution is -0.142. The Morgan fingerprint density at radius 3 is 1.64 bits per heavy atom. The maximum absolute atomic E-state index is 15.1. The monoisotopic (exact) mass is 1610 g/mol. The third-order valence-electron chi connectivity index (χ3n) is 18.0. The predicted molar refractivity (Wildman–Crippen MR) is 418 cm³/mol. The first-order chi connectivity index (χ1) is 53.5. The van der Waals surface area contributed by atoms with E-state index in [1.54, 1.807) is 81.8 Å². The molecule has 2 heterocycles. The highest BCUT2D eigenvalue weighted by Gasteiger charge is 2.41. The van der Waals surface area contributed by atoms with Gasteiger partial charge in [-0.05, 0) is 129 Å². The number of aromatic nitrogens is 1. The van der Waals surface area contributed by atoms with Crippen LogP contribution in [0.5, 0.6) is 5.75 Å². The summed E-state index contributed by atoms with van der Waals surface area (Å²) in [6.07, 6.45) is 1.71. The number of hydrogen-bond acceptors (Lipinski definition) is 20. The van der Waals surface area contributed by atoms with Gasteiger partial charge in [-0.2, -0.15) is 23.5 Å². The number of nitrogens with one attached hydrogen (secondary N) is 14. The fourth-order valence-electron chi connectivity index (χ4n) is 12.3. The number of hydrogen-bond donors (Lipinski definition) is 20. The van der Waals surface area contributed by atoms with Gasteiger partial charge in [0.2, 0.25) is 82.7 Å². The fraction of sp³-hybridized carbons (Fsp3) is 0.500. The lowest BCUT2D eigenvalue weighted by atomic mass is 10.00. The largest absolute Gasteiger partial charge is 0.508 e. The van der Waals surface area contributed by atoms with Crippen molar-refractivity contribution in [1.29, 1.82) is 5.41 Å². The van der Waals surface area contributed by atoms with E-state index in [2.05, 4.69) is 68.8 Å². The van der Waals surface area contributed by atoms with Crippen LogP contribution in [0.3, 0.4) is 0 Å². The number of benzene rings is 3. The normalized spacial score (nSPS) is 15.1. The molecule has 14 amide bonds. The number of rotatable bonds is 48. The standard InChI is InChI=1S/C74H104N18O19S2/c1-39(2)30-53(67(105)87-52(63(76)101)35-59(75)95)83-60(96)38-81-64(102)49(22-23-61(97)98)84-70(108)56(34-44-37-80-47-21-16-40(3)31-46(44)47)90-69(107)55(33-43-17-19-45(94)20-18-43)89-71(109)57(36-62(99)100)91-66(104)50(24-28-112-5)85-68(106)54(32-42-12-8-7-9-13-42)88-65(103)48(14-10-26-79-74(77)78)86-72(110)58-15-11-27-92(58)73(111)51(25-29-113-6)82-41(4)93/h7-9,12-13,16-21,31,37,39,48-58,80,94H,10-11,14-15,22-30,32-36,38H2,1-6H3,(H2,75,95)(H2,76,101)(H,81,102)(H,82,93)(H,83,96)(H,84,108)(H,85,106)(H,86,110)(H,87,105)(H,88,103)(H,89,109)(H,90,107)(H,91,104)(H,97,98)(H,99,100)(H4,77,78,79)/t48-,49-,50-,51-,52-,53-,54-,55-,56-,57-,58-/m0/s1. The summed E-state index contributed by atoms with van der Waals surface area (Å²) in [7, 11) is 0. The van der Waals surface area contributed by atoms with Crippen molar-refractivity contribution in [2.24, 2.45) is 23.1 Å². The number of phenols is 1. The highest BCUT2D eigenvalue weighted by Crippen LogP contribution is 2.24. The van der Waals surface area contributed by atoms with Crippen LogP contribution in [0.4, 0.5) is 0 Å². The maximum Gasteiger partial charge on any atom is 0.305 e. The second-order valence-electron chi connectivity index (χ2n) is 27.7. The number of carboxylic acid groups (broad SMARTS) is 2. The first kappa shape index (κ1) is 92.1. The Kier molecular flexibility index (Phi) is 37.8. The zero-order chi connectivity index (χ0) is 83.6.